The van der Waals surface area contributed by atoms with Gasteiger partial charge >= 0.3 is 5.97 Å². The molecule has 40 heavy (non-hydrogen) atoms. The number of para-hydroxylation sites is 1. The molecule has 4 atom stereocenters. The Morgan fingerprint density at radius 1 is 0.875 bits per heavy atom. The summed E-state index contributed by atoms with van der Waals surface area (Å²) in [5.74, 6) is -3.92. The van der Waals surface area contributed by atoms with Crippen molar-refractivity contribution in [2.45, 2.75) is 50.9 Å². The number of aliphatic hydroxyl groups excluding tert-OH is 1. The van der Waals surface area contributed by atoms with Crippen LogP contribution in [0, 0.1) is 5.92 Å². The lowest BCUT2D eigenvalue weighted by molar-refractivity contribution is -0.142. The molecule has 1 aromatic heterocycles. The van der Waals surface area contributed by atoms with Crippen molar-refractivity contribution in [2.75, 3.05) is 6.61 Å². The Kier molecular flexibility index (Phi) is 10.2. The Bertz CT molecular complexity index is 1340. The highest BCUT2D eigenvalue weighted by molar-refractivity contribution is 5.94. The van der Waals surface area contributed by atoms with Crippen LogP contribution in [0.5, 0.6) is 5.75 Å². The first-order valence-corrected chi connectivity index (χ1v) is 12.8. The van der Waals surface area contributed by atoms with E-state index < -0.39 is 60.4 Å². The van der Waals surface area contributed by atoms with Crippen LogP contribution in [0.25, 0.3) is 10.9 Å². The highest BCUT2D eigenvalue weighted by Gasteiger charge is 2.31. The van der Waals surface area contributed by atoms with Crippen molar-refractivity contribution in [2.24, 2.45) is 11.7 Å². The topological polar surface area (TPSA) is 207 Å². The summed E-state index contributed by atoms with van der Waals surface area (Å²) in [7, 11) is 0. The fraction of sp³-hybridized carbons (Fsp3) is 0.357. The SMILES string of the molecule is CC(C)C(NC(=O)C(N)Cc1c[nH]c2ccccc12)C(=O)NC(CO)C(=O)NC(Cc1ccc(O)cc1)C(=O)O. The third-order valence-corrected chi connectivity index (χ3v) is 6.50. The number of nitrogens with one attached hydrogen (secondary N) is 4. The first-order chi connectivity index (χ1) is 19.0. The van der Waals surface area contributed by atoms with E-state index >= 15 is 0 Å². The zero-order valence-electron chi connectivity index (χ0n) is 22.3. The summed E-state index contributed by atoms with van der Waals surface area (Å²) in [6.07, 6.45) is 1.91. The second kappa shape index (κ2) is 13.6. The molecule has 0 aliphatic heterocycles. The maximum absolute atomic E-state index is 13.0. The summed E-state index contributed by atoms with van der Waals surface area (Å²) in [4.78, 5) is 53.6. The van der Waals surface area contributed by atoms with E-state index in [9.17, 15) is 34.5 Å². The monoisotopic (exact) mass is 553 g/mol. The number of aromatic nitrogens is 1. The number of aliphatic carboxylic acids is 1. The van der Waals surface area contributed by atoms with E-state index in [1.807, 2.05) is 24.3 Å². The van der Waals surface area contributed by atoms with Gasteiger partial charge in [-0.15, -0.1) is 0 Å². The van der Waals surface area contributed by atoms with Crippen LogP contribution >= 0.6 is 0 Å². The average Bonchev–Trinajstić information content (AvgIpc) is 3.33. The van der Waals surface area contributed by atoms with Gasteiger partial charge in [0, 0.05) is 23.5 Å². The van der Waals surface area contributed by atoms with Gasteiger partial charge in [-0.1, -0.05) is 44.2 Å². The number of hydrogen-bond donors (Lipinski definition) is 8. The Morgan fingerprint density at radius 2 is 1.52 bits per heavy atom. The quantitative estimate of drug-likeness (QED) is 0.146. The number of carbonyl (C=O) groups is 4. The molecule has 0 spiro atoms. The molecule has 0 bridgehead atoms. The molecule has 3 aromatic rings. The number of hydrogen-bond acceptors (Lipinski definition) is 7. The van der Waals surface area contributed by atoms with E-state index in [1.165, 1.54) is 24.3 Å². The fourth-order valence-electron chi connectivity index (χ4n) is 4.22. The minimum atomic E-state index is -1.47. The molecular weight excluding hydrogens is 518 g/mol. The molecule has 2 aromatic carbocycles. The Labute approximate surface area is 231 Å². The molecule has 12 nitrogen and oxygen atoms in total. The maximum Gasteiger partial charge on any atom is 0.326 e. The molecule has 0 saturated heterocycles. The predicted molar refractivity (Wildman–Crippen MR) is 147 cm³/mol. The molecule has 0 saturated carbocycles. The number of phenols is 1. The molecule has 214 valence electrons. The largest absolute Gasteiger partial charge is 0.508 e. The van der Waals surface area contributed by atoms with Crippen LogP contribution in [0.4, 0.5) is 0 Å². The van der Waals surface area contributed by atoms with Crippen LogP contribution in [0.3, 0.4) is 0 Å². The van der Waals surface area contributed by atoms with Gasteiger partial charge in [0.1, 0.15) is 23.9 Å². The highest BCUT2D eigenvalue weighted by atomic mass is 16.4. The lowest BCUT2D eigenvalue weighted by atomic mass is 10.0. The molecule has 12 heteroatoms. The summed E-state index contributed by atoms with van der Waals surface area (Å²) in [6, 6.07) is 8.54. The molecule has 9 N–H and O–H groups in total. The molecule has 3 rings (SSSR count). The number of carboxylic acids is 1. The van der Waals surface area contributed by atoms with Gasteiger partial charge in [0.05, 0.1) is 12.6 Å². The number of phenolic OH excluding ortho intramolecular Hbond substituents is 1. The smallest absolute Gasteiger partial charge is 0.326 e. The molecule has 3 amide bonds. The van der Waals surface area contributed by atoms with Crippen molar-refractivity contribution in [3.8, 4) is 5.75 Å². The third kappa shape index (κ3) is 7.80. The van der Waals surface area contributed by atoms with Crippen LogP contribution in [-0.4, -0.2) is 74.8 Å². The molecule has 0 fully saturated rings. The number of rotatable bonds is 13. The van der Waals surface area contributed by atoms with Crippen LogP contribution in [0.1, 0.15) is 25.0 Å². The number of amides is 3. The average molecular weight is 554 g/mol. The van der Waals surface area contributed by atoms with Gasteiger partial charge in [-0.3, -0.25) is 14.4 Å². The van der Waals surface area contributed by atoms with Gasteiger partial charge in [0.2, 0.25) is 17.7 Å². The summed E-state index contributed by atoms with van der Waals surface area (Å²) in [6.45, 7) is 2.59. The number of H-pyrrole nitrogens is 1. The number of aromatic hydroxyl groups is 1. The highest BCUT2D eigenvalue weighted by Crippen LogP contribution is 2.19. The van der Waals surface area contributed by atoms with Gasteiger partial charge in [-0.2, -0.15) is 0 Å². The Hall–Kier alpha value is -4.42. The van der Waals surface area contributed by atoms with Crippen molar-refractivity contribution in [3.05, 3.63) is 65.9 Å². The Balaban J connectivity index is 1.62. The van der Waals surface area contributed by atoms with Crippen molar-refractivity contribution >= 4 is 34.6 Å². The Morgan fingerprint density at radius 3 is 2.15 bits per heavy atom. The second-order valence-corrected chi connectivity index (χ2v) is 9.91. The third-order valence-electron chi connectivity index (χ3n) is 6.50. The first kappa shape index (κ1) is 30.1. The first-order valence-electron chi connectivity index (χ1n) is 12.8. The van der Waals surface area contributed by atoms with E-state index in [2.05, 4.69) is 20.9 Å². The zero-order chi connectivity index (χ0) is 29.4. The normalized spacial score (nSPS) is 14.2. The van der Waals surface area contributed by atoms with E-state index in [0.29, 0.717) is 5.56 Å². The predicted octanol–water partition coefficient (Wildman–Crippen LogP) is 0.173. The van der Waals surface area contributed by atoms with Gasteiger partial charge in [-0.25, -0.2) is 4.79 Å². The van der Waals surface area contributed by atoms with Crippen molar-refractivity contribution in [1.29, 1.82) is 0 Å². The number of fused-ring (bicyclic) bond motifs is 1. The minimum Gasteiger partial charge on any atom is -0.508 e. The van der Waals surface area contributed by atoms with Crippen LogP contribution in [0.15, 0.2) is 54.7 Å². The summed E-state index contributed by atoms with van der Waals surface area (Å²) in [5.41, 5.74) is 8.45. The molecule has 4 unspecified atom stereocenters. The number of carbonyl (C=O) groups excluding carboxylic acids is 3. The minimum absolute atomic E-state index is 0.00781. The van der Waals surface area contributed by atoms with Gasteiger partial charge in [0.25, 0.3) is 0 Å². The summed E-state index contributed by atoms with van der Waals surface area (Å²) >= 11 is 0. The van der Waals surface area contributed by atoms with Crippen molar-refractivity contribution in [3.63, 3.8) is 0 Å². The number of nitrogens with two attached hydrogens (primary N) is 1. The maximum atomic E-state index is 13.0. The van der Waals surface area contributed by atoms with E-state index in [0.717, 1.165) is 16.5 Å². The number of benzene rings is 2. The zero-order valence-corrected chi connectivity index (χ0v) is 22.3. The number of aromatic amines is 1. The lowest BCUT2D eigenvalue weighted by Crippen LogP contribution is -2.59. The summed E-state index contributed by atoms with van der Waals surface area (Å²) < 4.78 is 0. The van der Waals surface area contributed by atoms with Crippen molar-refractivity contribution < 1.29 is 34.5 Å². The van der Waals surface area contributed by atoms with E-state index in [-0.39, 0.29) is 18.6 Å². The lowest BCUT2D eigenvalue weighted by Gasteiger charge is -2.26. The van der Waals surface area contributed by atoms with Crippen LogP contribution < -0.4 is 21.7 Å². The standard InChI is InChI=1S/C28H35N5O7/c1-15(2)24(33-25(36)20(29)12-17-13-30-21-6-4-3-5-19(17)21)27(38)32-23(14-34)26(37)31-22(28(39)40)11-16-7-9-18(35)10-8-16/h3-10,13,15,20,22-24,30,34-35H,11-12,14,29H2,1-2H3,(H,31,37)(H,32,38)(H,33,36)(H,39,40). The molecule has 0 aliphatic carbocycles. The van der Waals surface area contributed by atoms with Gasteiger partial charge in [0.15, 0.2) is 0 Å². The van der Waals surface area contributed by atoms with Gasteiger partial charge < -0.3 is 42.0 Å². The van der Waals surface area contributed by atoms with Crippen molar-refractivity contribution in [1.82, 2.24) is 20.9 Å². The van der Waals surface area contributed by atoms with Crippen LogP contribution in [0.2, 0.25) is 0 Å². The van der Waals surface area contributed by atoms with Crippen LogP contribution in [-0.2, 0) is 32.0 Å². The summed E-state index contributed by atoms with van der Waals surface area (Å²) in [5, 5.41) is 37.0. The number of carboxylic acid groups (broad SMARTS) is 1. The molecule has 0 aliphatic rings. The second-order valence-electron chi connectivity index (χ2n) is 9.91. The fourth-order valence-corrected chi connectivity index (χ4v) is 4.22. The molecule has 1 heterocycles. The van der Waals surface area contributed by atoms with Gasteiger partial charge in [-0.05, 0) is 41.7 Å². The molecular formula is C28H35N5O7. The number of aliphatic hydroxyl groups is 1. The van der Waals surface area contributed by atoms with E-state index in [4.69, 9.17) is 5.73 Å². The molecule has 0 radical (unpaired) electrons. The van der Waals surface area contributed by atoms with E-state index in [1.54, 1.807) is 20.0 Å².